The average Bonchev–Trinajstić information content (AvgIpc) is 3.09. The lowest BCUT2D eigenvalue weighted by Crippen LogP contribution is -2.40. The molecule has 2 N–H and O–H groups in total. The lowest BCUT2D eigenvalue weighted by atomic mass is 10.0. The Bertz CT molecular complexity index is 1380. The number of furan rings is 1. The number of amides is 1. The molecule has 0 saturated carbocycles. The SMILES string of the molecule is CC(C)(C)NS(=O)(=O)c1ccccc1NC(=O)Cc1coc2ccc3ccccc3c12. The summed E-state index contributed by atoms with van der Waals surface area (Å²) in [7, 11) is -3.80. The van der Waals surface area contributed by atoms with Gasteiger partial charge in [0.25, 0.3) is 0 Å². The van der Waals surface area contributed by atoms with Crippen molar-refractivity contribution < 1.29 is 17.6 Å². The molecule has 0 aliphatic rings. The standard InChI is InChI=1S/C24H24N2O4S/c1-24(2,3)26-31(28,29)21-11-7-6-10-19(21)25-22(27)14-17-15-30-20-13-12-16-8-4-5-9-18(16)23(17)20/h4-13,15,26H,14H2,1-3H3,(H,25,27). The van der Waals surface area contributed by atoms with Gasteiger partial charge in [-0.05, 0) is 49.7 Å². The van der Waals surface area contributed by atoms with Crippen molar-refractivity contribution in [1.82, 2.24) is 4.72 Å². The molecule has 1 aromatic heterocycles. The molecule has 0 spiro atoms. The maximum absolute atomic E-state index is 12.9. The molecule has 0 aliphatic heterocycles. The molecule has 3 aromatic carbocycles. The Morgan fingerprint density at radius 1 is 0.968 bits per heavy atom. The Balaban J connectivity index is 1.63. The van der Waals surface area contributed by atoms with Gasteiger partial charge in [0.05, 0.1) is 18.4 Å². The van der Waals surface area contributed by atoms with E-state index in [-0.39, 0.29) is 22.9 Å². The van der Waals surface area contributed by atoms with Gasteiger partial charge < -0.3 is 9.73 Å². The zero-order chi connectivity index (χ0) is 22.2. The van der Waals surface area contributed by atoms with Gasteiger partial charge in [0.15, 0.2) is 0 Å². The first-order chi connectivity index (χ1) is 14.6. The molecule has 4 aromatic rings. The molecule has 0 bridgehead atoms. The van der Waals surface area contributed by atoms with Crippen LogP contribution in [0.25, 0.3) is 21.7 Å². The summed E-state index contributed by atoms with van der Waals surface area (Å²) in [6.45, 7) is 5.29. The molecule has 7 heteroatoms. The number of sulfonamides is 1. The maximum atomic E-state index is 12.9. The number of fused-ring (bicyclic) bond motifs is 3. The Morgan fingerprint density at radius 2 is 1.68 bits per heavy atom. The van der Waals surface area contributed by atoms with Crippen molar-refractivity contribution in [2.75, 3.05) is 5.32 Å². The second-order valence-electron chi connectivity index (χ2n) is 8.50. The number of hydrogen-bond donors (Lipinski definition) is 2. The van der Waals surface area contributed by atoms with Gasteiger partial charge in [-0.15, -0.1) is 0 Å². The summed E-state index contributed by atoms with van der Waals surface area (Å²) in [4.78, 5) is 12.9. The van der Waals surface area contributed by atoms with Gasteiger partial charge in [0.1, 0.15) is 10.5 Å². The number of para-hydroxylation sites is 1. The lowest BCUT2D eigenvalue weighted by Gasteiger charge is -2.21. The number of rotatable bonds is 5. The summed E-state index contributed by atoms with van der Waals surface area (Å²) in [6.07, 6.45) is 1.64. The van der Waals surface area contributed by atoms with E-state index in [1.165, 1.54) is 6.07 Å². The van der Waals surface area contributed by atoms with Crippen molar-refractivity contribution in [3.8, 4) is 0 Å². The third kappa shape index (κ3) is 4.47. The maximum Gasteiger partial charge on any atom is 0.243 e. The normalized spacial score (nSPS) is 12.4. The van der Waals surface area contributed by atoms with Crippen LogP contribution < -0.4 is 10.0 Å². The summed E-state index contributed by atoms with van der Waals surface area (Å²) in [5.74, 6) is -0.325. The number of nitrogens with one attached hydrogen (secondary N) is 2. The van der Waals surface area contributed by atoms with Gasteiger partial charge in [-0.25, -0.2) is 13.1 Å². The van der Waals surface area contributed by atoms with Crippen LogP contribution in [0.1, 0.15) is 26.3 Å². The van der Waals surface area contributed by atoms with E-state index in [4.69, 9.17) is 4.42 Å². The summed E-state index contributed by atoms with van der Waals surface area (Å²) < 4.78 is 33.9. The largest absolute Gasteiger partial charge is 0.464 e. The Hall–Kier alpha value is -3.16. The quantitative estimate of drug-likeness (QED) is 0.468. The third-order valence-corrected chi connectivity index (χ3v) is 6.60. The molecule has 0 saturated heterocycles. The van der Waals surface area contributed by atoms with E-state index in [1.807, 2.05) is 36.4 Å². The Kier molecular flexibility index (Phi) is 5.33. The number of carbonyl (C=O) groups is 1. The van der Waals surface area contributed by atoms with Crippen molar-refractivity contribution in [3.63, 3.8) is 0 Å². The molecule has 0 aliphatic carbocycles. The molecular weight excluding hydrogens is 412 g/mol. The molecule has 6 nitrogen and oxygen atoms in total. The van der Waals surface area contributed by atoms with E-state index in [0.29, 0.717) is 5.58 Å². The number of anilines is 1. The molecule has 31 heavy (non-hydrogen) atoms. The van der Waals surface area contributed by atoms with Gasteiger partial charge in [-0.3, -0.25) is 4.79 Å². The topological polar surface area (TPSA) is 88.4 Å². The van der Waals surface area contributed by atoms with E-state index in [9.17, 15) is 13.2 Å². The van der Waals surface area contributed by atoms with Crippen LogP contribution in [-0.2, 0) is 21.2 Å². The summed E-state index contributed by atoms with van der Waals surface area (Å²) in [6, 6.07) is 18.2. The fourth-order valence-corrected chi connectivity index (χ4v) is 5.22. The van der Waals surface area contributed by atoms with Crippen LogP contribution in [0.4, 0.5) is 5.69 Å². The van der Waals surface area contributed by atoms with E-state index in [1.54, 1.807) is 45.2 Å². The monoisotopic (exact) mass is 436 g/mol. The summed E-state index contributed by atoms with van der Waals surface area (Å²) in [5, 5.41) is 5.71. The first kappa shape index (κ1) is 21.1. The van der Waals surface area contributed by atoms with Crippen molar-refractivity contribution in [1.29, 1.82) is 0 Å². The van der Waals surface area contributed by atoms with Gasteiger partial charge in [0, 0.05) is 16.5 Å². The van der Waals surface area contributed by atoms with Crippen molar-refractivity contribution in [3.05, 3.63) is 72.5 Å². The predicted octanol–water partition coefficient (Wildman–Crippen LogP) is 4.84. The second kappa shape index (κ2) is 7.83. The van der Waals surface area contributed by atoms with Crippen LogP contribution in [0.15, 0.2) is 76.2 Å². The summed E-state index contributed by atoms with van der Waals surface area (Å²) in [5.41, 5.74) is 1.05. The van der Waals surface area contributed by atoms with Gasteiger partial charge in [-0.1, -0.05) is 42.5 Å². The molecular formula is C24H24N2O4S. The predicted molar refractivity (Wildman–Crippen MR) is 123 cm³/mol. The molecule has 0 radical (unpaired) electrons. The fraction of sp³-hybridized carbons (Fsp3) is 0.208. The molecule has 1 heterocycles. The minimum atomic E-state index is -3.80. The smallest absolute Gasteiger partial charge is 0.243 e. The van der Waals surface area contributed by atoms with Crippen molar-refractivity contribution in [2.45, 2.75) is 37.6 Å². The fourth-order valence-electron chi connectivity index (χ4n) is 3.63. The molecule has 0 unspecified atom stereocenters. The lowest BCUT2D eigenvalue weighted by molar-refractivity contribution is -0.115. The highest BCUT2D eigenvalue weighted by Gasteiger charge is 2.25. The van der Waals surface area contributed by atoms with Crippen LogP contribution in [0.2, 0.25) is 0 Å². The average molecular weight is 437 g/mol. The highest BCUT2D eigenvalue weighted by Crippen LogP contribution is 2.30. The highest BCUT2D eigenvalue weighted by molar-refractivity contribution is 7.89. The van der Waals surface area contributed by atoms with E-state index in [2.05, 4.69) is 10.0 Å². The van der Waals surface area contributed by atoms with Crippen LogP contribution >= 0.6 is 0 Å². The first-order valence-corrected chi connectivity index (χ1v) is 11.4. The molecule has 0 atom stereocenters. The van der Waals surface area contributed by atoms with E-state index < -0.39 is 15.6 Å². The number of hydrogen-bond acceptors (Lipinski definition) is 4. The molecule has 4 rings (SSSR count). The summed E-state index contributed by atoms with van der Waals surface area (Å²) >= 11 is 0. The van der Waals surface area contributed by atoms with Crippen LogP contribution in [-0.4, -0.2) is 19.9 Å². The van der Waals surface area contributed by atoms with Crippen LogP contribution in [0, 0.1) is 0 Å². The van der Waals surface area contributed by atoms with Crippen LogP contribution in [0.5, 0.6) is 0 Å². The first-order valence-electron chi connectivity index (χ1n) is 9.95. The van der Waals surface area contributed by atoms with Crippen molar-refractivity contribution in [2.24, 2.45) is 0 Å². The molecule has 0 fully saturated rings. The minimum absolute atomic E-state index is 0.0285. The highest BCUT2D eigenvalue weighted by atomic mass is 32.2. The van der Waals surface area contributed by atoms with Crippen LogP contribution in [0.3, 0.4) is 0 Å². The number of benzene rings is 3. The van der Waals surface area contributed by atoms with Gasteiger partial charge >= 0.3 is 0 Å². The zero-order valence-corrected chi connectivity index (χ0v) is 18.4. The van der Waals surface area contributed by atoms with E-state index >= 15 is 0 Å². The van der Waals surface area contributed by atoms with Crippen molar-refractivity contribution >= 4 is 43.4 Å². The third-order valence-electron chi connectivity index (χ3n) is 4.78. The second-order valence-corrected chi connectivity index (χ2v) is 10.1. The van der Waals surface area contributed by atoms with E-state index in [0.717, 1.165) is 21.7 Å². The number of carbonyl (C=O) groups excluding carboxylic acids is 1. The Labute approximate surface area is 181 Å². The molecule has 1 amide bonds. The Morgan fingerprint density at radius 3 is 2.45 bits per heavy atom. The minimum Gasteiger partial charge on any atom is -0.464 e. The van der Waals surface area contributed by atoms with Gasteiger partial charge in [0.2, 0.25) is 15.9 Å². The van der Waals surface area contributed by atoms with Gasteiger partial charge in [-0.2, -0.15) is 0 Å². The zero-order valence-electron chi connectivity index (χ0n) is 17.6. The molecule has 160 valence electrons.